The predicted octanol–water partition coefficient (Wildman–Crippen LogP) is 3.96. The van der Waals surface area contributed by atoms with Crippen LogP contribution in [0.3, 0.4) is 0 Å². The number of ether oxygens (including phenoxy) is 1. The minimum absolute atomic E-state index is 0.712. The van der Waals surface area contributed by atoms with Gasteiger partial charge in [0.1, 0.15) is 0 Å². The van der Waals surface area contributed by atoms with Gasteiger partial charge in [0.05, 0.1) is 13.2 Å². The van der Waals surface area contributed by atoms with Crippen LogP contribution in [-0.2, 0) is 11.3 Å². The maximum absolute atomic E-state index is 6.26. The van der Waals surface area contributed by atoms with E-state index in [0.29, 0.717) is 5.11 Å². The number of rotatable bonds is 7. The number of hydrogen-bond donors (Lipinski definition) is 1. The fourth-order valence-electron chi connectivity index (χ4n) is 3.21. The molecule has 1 aromatic heterocycles. The highest BCUT2D eigenvalue weighted by atomic mass is 35.5. The van der Waals surface area contributed by atoms with Crippen LogP contribution in [0.1, 0.15) is 17.5 Å². The Morgan fingerprint density at radius 3 is 2.75 bits per heavy atom. The van der Waals surface area contributed by atoms with Crippen molar-refractivity contribution in [2.75, 3.05) is 44.7 Å². The Balaban J connectivity index is 1.63. The Labute approximate surface area is 177 Å². The van der Waals surface area contributed by atoms with E-state index in [1.54, 1.807) is 0 Å². The van der Waals surface area contributed by atoms with Crippen LogP contribution in [0.2, 0.25) is 5.02 Å². The van der Waals surface area contributed by atoms with Gasteiger partial charge in [0, 0.05) is 55.8 Å². The van der Waals surface area contributed by atoms with Gasteiger partial charge in [-0.25, -0.2) is 0 Å². The molecule has 0 aliphatic carbocycles. The van der Waals surface area contributed by atoms with E-state index in [4.69, 9.17) is 28.6 Å². The van der Waals surface area contributed by atoms with Gasteiger partial charge in [-0.2, -0.15) is 0 Å². The zero-order valence-corrected chi connectivity index (χ0v) is 17.8. The SMILES string of the molecule is Cc1c(Cl)cccc1NC(=S)N(CCCN1CCOCC1)Cc1ccncc1. The molecule has 0 spiro atoms. The van der Waals surface area contributed by atoms with E-state index < -0.39 is 0 Å². The summed E-state index contributed by atoms with van der Waals surface area (Å²) in [6, 6.07) is 9.89. The fourth-order valence-corrected chi connectivity index (χ4v) is 3.65. The number of pyridine rings is 1. The Bertz CT molecular complexity index is 768. The molecule has 1 aliphatic rings. The molecule has 0 unspecified atom stereocenters. The molecule has 150 valence electrons. The summed E-state index contributed by atoms with van der Waals surface area (Å²) >= 11 is 12.0. The molecule has 1 saturated heterocycles. The number of thiocarbonyl (C=S) groups is 1. The third-order valence-electron chi connectivity index (χ3n) is 4.93. The van der Waals surface area contributed by atoms with E-state index in [1.807, 2.05) is 49.6 Å². The molecule has 5 nitrogen and oxygen atoms in total. The molecule has 0 atom stereocenters. The zero-order valence-electron chi connectivity index (χ0n) is 16.2. The van der Waals surface area contributed by atoms with Crippen molar-refractivity contribution >= 4 is 34.6 Å². The summed E-state index contributed by atoms with van der Waals surface area (Å²) in [5, 5.41) is 4.83. The molecule has 2 heterocycles. The lowest BCUT2D eigenvalue weighted by atomic mass is 10.2. The van der Waals surface area contributed by atoms with Crippen LogP contribution >= 0.6 is 23.8 Å². The van der Waals surface area contributed by atoms with E-state index in [9.17, 15) is 0 Å². The van der Waals surface area contributed by atoms with Crippen LogP contribution in [0.5, 0.6) is 0 Å². The van der Waals surface area contributed by atoms with Crippen molar-refractivity contribution in [3.63, 3.8) is 0 Å². The highest BCUT2D eigenvalue weighted by Gasteiger charge is 2.14. The van der Waals surface area contributed by atoms with E-state index in [-0.39, 0.29) is 0 Å². The lowest BCUT2D eigenvalue weighted by molar-refractivity contribution is 0.0368. The predicted molar refractivity (Wildman–Crippen MR) is 119 cm³/mol. The van der Waals surface area contributed by atoms with Crippen LogP contribution in [0.25, 0.3) is 0 Å². The van der Waals surface area contributed by atoms with Crippen LogP contribution in [-0.4, -0.2) is 59.3 Å². The van der Waals surface area contributed by atoms with Gasteiger partial charge in [-0.15, -0.1) is 0 Å². The first-order valence-corrected chi connectivity index (χ1v) is 10.4. The first-order chi connectivity index (χ1) is 13.6. The zero-order chi connectivity index (χ0) is 19.8. The second-order valence-corrected chi connectivity index (χ2v) is 7.72. The Morgan fingerprint density at radius 2 is 2.00 bits per heavy atom. The van der Waals surface area contributed by atoms with Gasteiger partial charge in [0.15, 0.2) is 5.11 Å². The second kappa shape index (κ2) is 10.7. The van der Waals surface area contributed by atoms with E-state index in [0.717, 1.165) is 68.6 Å². The summed E-state index contributed by atoms with van der Waals surface area (Å²) in [7, 11) is 0. The number of anilines is 1. The molecule has 3 rings (SSSR count). The third-order valence-corrected chi connectivity index (χ3v) is 5.70. The number of halogens is 1. The topological polar surface area (TPSA) is 40.6 Å². The largest absolute Gasteiger partial charge is 0.379 e. The van der Waals surface area contributed by atoms with Crippen molar-refractivity contribution in [1.29, 1.82) is 0 Å². The molecule has 0 amide bonds. The summed E-state index contributed by atoms with van der Waals surface area (Å²) < 4.78 is 5.43. The normalized spacial score (nSPS) is 14.6. The molecule has 1 aliphatic heterocycles. The molecule has 1 fully saturated rings. The van der Waals surface area contributed by atoms with Gasteiger partial charge in [0.25, 0.3) is 0 Å². The van der Waals surface area contributed by atoms with Crippen molar-refractivity contribution in [2.45, 2.75) is 19.9 Å². The number of benzene rings is 1. The van der Waals surface area contributed by atoms with Gasteiger partial charge in [-0.1, -0.05) is 17.7 Å². The van der Waals surface area contributed by atoms with Crippen LogP contribution in [0, 0.1) is 6.92 Å². The summed E-state index contributed by atoms with van der Waals surface area (Å²) in [6.45, 7) is 8.35. The first kappa shape index (κ1) is 21.0. The van der Waals surface area contributed by atoms with Crippen LogP contribution in [0.4, 0.5) is 5.69 Å². The molecule has 7 heteroatoms. The van der Waals surface area contributed by atoms with Gasteiger partial charge in [-0.3, -0.25) is 9.88 Å². The maximum Gasteiger partial charge on any atom is 0.173 e. The van der Waals surface area contributed by atoms with Gasteiger partial charge >= 0.3 is 0 Å². The quantitative estimate of drug-likeness (QED) is 0.686. The minimum atomic E-state index is 0.712. The van der Waals surface area contributed by atoms with Crippen molar-refractivity contribution in [3.05, 3.63) is 58.9 Å². The first-order valence-electron chi connectivity index (χ1n) is 9.63. The molecular formula is C21H27ClN4OS. The highest BCUT2D eigenvalue weighted by Crippen LogP contribution is 2.23. The van der Waals surface area contributed by atoms with Crippen LogP contribution < -0.4 is 5.32 Å². The molecule has 1 N–H and O–H groups in total. The summed E-state index contributed by atoms with van der Waals surface area (Å²) in [4.78, 5) is 8.77. The van der Waals surface area contributed by atoms with Crippen molar-refractivity contribution < 1.29 is 4.74 Å². The Kier molecular flexibility index (Phi) is 8.03. The molecule has 0 bridgehead atoms. The number of hydrogen-bond acceptors (Lipinski definition) is 4. The Morgan fingerprint density at radius 1 is 1.25 bits per heavy atom. The van der Waals surface area contributed by atoms with Crippen LogP contribution in [0.15, 0.2) is 42.7 Å². The summed E-state index contributed by atoms with van der Waals surface area (Å²) in [6.07, 6.45) is 4.68. The summed E-state index contributed by atoms with van der Waals surface area (Å²) in [5.74, 6) is 0. The number of nitrogens with zero attached hydrogens (tertiary/aromatic N) is 3. The Hall–Kier alpha value is -1.73. The monoisotopic (exact) mass is 418 g/mol. The standard InChI is InChI=1S/C21H27ClN4OS/c1-17-19(22)4-2-5-20(17)24-21(28)26(16-18-6-8-23-9-7-18)11-3-10-25-12-14-27-15-13-25/h2,4-9H,3,10-16H2,1H3,(H,24,28). The number of morpholine rings is 1. The van der Waals surface area contributed by atoms with Gasteiger partial charge in [0.2, 0.25) is 0 Å². The molecule has 2 aromatic rings. The summed E-state index contributed by atoms with van der Waals surface area (Å²) in [5.41, 5.74) is 3.14. The van der Waals surface area contributed by atoms with E-state index in [1.165, 1.54) is 5.56 Å². The molecule has 0 radical (unpaired) electrons. The second-order valence-electron chi connectivity index (χ2n) is 6.93. The number of aromatic nitrogens is 1. The maximum atomic E-state index is 6.26. The minimum Gasteiger partial charge on any atom is -0.379 e. The fraction of sp³-hybridized carbons (Fsp3) is 0.429. The van der Waals surface area contributed by atoms with Crippen molar-refractivity contribution in [1.82, 2.24) is 14.8 Å². The third kappa shape index (κ3) is 6.14. The van der Waals surface area contributed by atoms with Gasteiger partial charge < -0.3 is 15.0 Å². The highest BCUT2D eigenvalue weighted by molar-refractivity contribution is 7.80. The average molecular weight is 419 g/mol. The molecule has 1 aromatic carbocycles. The van der Waals surface area contributed by atoms with E-state index >= 15 is 0 Å². The molecule has 28 heavy (non-hydrogen) atoms. The smallest absolute Gasteiger partial charge is 0.173 e. The van der Waals surface area contributed by atoms with Gasteiger partial charge in [-0.05, 0) is 61.0 Å². The lowest BCUT2D eigenvalue weighted by Gasteiger charge is -2.30. The average Bonchev–Trinajstić information content (AvgIpc) is 2.72. The van der Waals surface area contributed by atoms with Crippen molar-refractivity contribution in [3.8, 4) is 0 Å². The lowest BCUT2D eigenvalue weighted by Crippen LogP contribution is -2.40. The molecule has 0 saturated carbocycles. The molecular weight excluding hydrogens is 392 g/mol. The van der Waals surface area contributed by atoms with Crippen molar-refractivity contribution in [2.24, 2.45) is 0 Å². The number of nitrogens with one attached hydrogen (secondary N) is 1. The van der Waals surface area contributed by atoms with E-state index in [2.05, 4.69) is 20.1 Å².